The molecule has 0 bridgehead atoms. The summed E-state index contributed by atoms with van der Waals surface area (Å²) in [5.74, 6) is -0.539. The van der Waals surface area contributed by atoms with Gasteiger partial charge >= 0.3 is 0 Å². The highest BCUT2D eigenvalue weighted by atomic mass is 32.2. The number of anilines is 2. The molecule has 7 heteroatoms. The molecule has 1 aliphatic rings. The molecule has 2 atom stereocenters. The van der Waals surface area contributed by atoms with Gasteiger partial charge in [-0.2, -0.15) is 0 Å². The molecule has 120 valence electrons. The predicted molar refractivity (Wildman–Crippen MR) is 84.6 cm³/mol. The smallest absolute Gasteiger partial charge is 0.247 e. The fourth-order valence-electron chi connectivity index (χ4n) is 2.63. The number of amides is 2. The van der Waals surface area contributed by atoms with E-state index in [2.05, 4.69) is 5.32 Å². The Balaban J connectivity index is 2.59. The zero-order valence-electron chi connectivity index (χ0n) is 13.1. The third kappa shape index (κ3) is 2.85. The maximum absolute atomic E-state index is 12.4. The molecule has 0 saturated heterocycles. The quantitative estimate of drug-likeness (QED) is 0.919. The van der Waals surface area contributed by atoms with Crippen molar-refractivity contribution in [1.29, 1.82) is 0 Å². The Morgan fingerprint density at radius 3 is 2.55 bits per heavy atom. The average Bonchev–Trinajstić information content (AvgIpc) is 2.43. The zero-order chi connectivity index (χ0) is 16.7. The van der Waals surface area contributed by atoms with Crippen molar-refractivity contribution < 1.29 is 18.0 Å². The molecule has 6 nitrogen and oxygen atoms in total. The summed E-state index contributed by atoms with van der Waals surface area (Å²) in [7, 11) is -3.38. The molecular weight excluding hydrogens is 304 g/mol. The summed E-state index contributed by atoms with van der Waals surface area (Å²) in [6.07, 6.45) is 1.85. The number of nitrogens with zero attached hydrogens (tertiary/aromatic N) is 1. The Morgan fingerprint density at radius 1 is 1.41 bits per heavy atom. The van der Waals surface area contributed by atoms with E-state index < -0.39 is 15.9 Å². The van der Waals surface area contributed by atoms with Gasteiger partial charge in [0.1, 0.15) is 6.04 Å². The van der Waals surface area contributed by atoms with Gasteiger partial charge in [-0.1, -0.05) is 20.3 Å². The van der Waals surface area contributed by atoms with Crippen molar-refractivity contribution in [3.63, 3.8) is 0 Å². The van der Waals surface area contributed by atoms with Crippen molar-refractivity contribution in [2.45, 2.75) is 38.1 Å². The molecule has 0 saturated carbocycles. The van der Waals surface area contributed by atoms with Crippen LogP contribution in [0.5, 0.6) is 0 Å². The normalized spacial score (nSPS) is 19.4. The van der Waals surface area contributed by atoms with Gasteiger partial charge in [-0.05, 0) is 24.1 Å². The van der Waals surface area contributed by atoms with E-state index >= 15 is 0 Å². The van der Waals surface area contributed by atoms with Gasteiger partial charge < -0.3 is 5.32 Å². The molecule has 0 spiro atoms. The van der Waals surface area contributed by atoms with Gasteiger partial charge in [-0.3, -0.25) is 14.5 Å². The third-order valence-electron chi connectivity index (χ3n) is 3.98. The van der Waals surface area contributed by atoms with Crippen LogP contribution in [-0.4, -0.2) is 32.5 Å². The number of fused-ring (bicyclic) bond motifs is 1. The number of rotatable bonds is 3. The fourth-order valence-corrected chi connectivity index (χ4v) is 3.28. The summed E-state index contributed by atoms with van der Waals surface area (Å²) < 4.78 is 23.3. The minimum absolute atomic E-state index is 0.00775. The predicted octanol–water partition coefficient (Wildman–Crippen LogP) is 1.81. The van der Waals surface area contributed by atoms with Gasteiger partial charge in [0.15, 0.2) is 9.84 Å². The number of carbonyl (C=O) groups is 2. The van der Waals surface area contributed by atoms with Crippen molar-refractivity contribution >= 4 is 33.0 Å². The molecule has 0 aliphatic carbocycles. The minimum atomic E-state index is -3.38. The van der Waals surface area contributed by atoms with Gasteiger partial charge in [-0.15, -0.1) is 0 Å². The summed E-state index contributed by atoms with van der Waals surface area (Å²) in [5.41, 5.74) is 0.882. The molecule has 2 amide bonds. The average molecular weight is 324 g/mol. The van der Waals surface area contributed by atoms with Crippen molar-refractivity contribution in [2.75, 3.05) is 16.5 Å². The maximum Gasteiger partial charge on any atom is 0.247 e. The van der Waals surface area contributed by atoms with Crippen LogP contribution in [0.2, 0.25) is 0 Å². The maximum atomic E-state index is 12.4. The first-order valence-electron chi connectivity index (χ1n) is 7.11. The van der Waals surface area contributed by atoms with E-state index in [0.29, 0.717) is 11.4 Å². The monoisotopic (exact) mass is 324 g/mol. The lowest BCUT2D eigenvalue weighted by molar-refractivity contribution is -0.123. The molecule has 0 unspecified atom stereocenters. The van der Waals surface area contributed by atoms with Crippen LogP contribution in [-0.2, 0) is 19.4 Å². The summed E-state index contributed by atoms with van der Waals surface area (Å²) in [4.78, 5) is 26.0. The second-order valence-corrected chi connectivity index (χ2v) is 7.68. The Bertz CT molecular complexity index is 727. The lowest BCUT2D eigenvalue weighted by Gasteiger charge is -2.38. The number of sulfone groups is 1. The Kier molecular flexibility index (Phi) is 4.28. The first-order chi connectivity index (χ1) is 10.2. The minimum Gasteiger partial charge on any atom is -0.322 e. The van der Waals surface area contributed by atoms with E-state index in [4.69, 9.17) is 0 Å². The SMILES string of the molecule is CC[C@H](C)[C@H]1C(=O)Nc2cc(S(C)(=O)=O)ccc2N1C(C)=O. The highest BCUT2D eigenvalue weighted by Gasteiger charge is 2.38. The Hall–Kier alpha value is -1.89. The molecule has 22 heavy (non-hydrogen) atoms. The molecule has 0 aromatic heterocycles. The van der Waals surface area contributed by atoms with E-state index in [-0.39, 0.29) is 22.6 Å². The van der Waals surface area contributed by atoms with Gasteiger partial charge in [0, 0.05) is 13.2 Å². The van der Waals surface area contributed by atoms with E-state index in [1.807, 2.05) is 13.8 Å². The van der Waals surface area contributed by atoms with Crippen LogP contribution in [0.15, 0.2) is 23.1 Å². The molecule has 2 rings (SSSR count). The molecule has 1 N–H and O–H groups in total. The van der Waals surface area contributed by atoms with E-state index in [1.54, 1.807) is 6.07 Å². The van der Waals surface area contributed by atoms with Crippen LogP contribution >= 0.6 is 0 Å². The molecule has 0 radical (unpaired) electrons. The third-order valence-corrected chi connectivity index (χ3v) is 5.09. The van der Waals surface area contributed by atoms with Crippen LogP contribution in [0.1, 0.15) is 27.2 Å². The standard InChI is InChI=1S/C15H20N2O4S/c1-5-9(2)14-15(19)16-12-8-11(22(4,20)21)6-7-13(12)17(14)10(3)18/h6-9,14H,5H2,1-4H3,(H,16,19)/t9-,14-/m0/s1. The van der Waals surface area contributed by atoms with Gasteiger partial charge in [0.25, 0.3) is 0 Å². The first kappa shape index (κ1) is 16.5. The lowest BCUT2D eigenvalue weighted by atomic mass is 9.94. The van der Waals surface area contributed by atoms with Crippen LogP contribution < -0.4 is 10.2 Å². The van der Waals surface area contributed by atoms with Crippen LogP contribution in [0, 0.1) is 5.92 Å². The van der Waals surface area contributed by atoms with Crippen LogP contribution in [0.4, 0.5) is 11.4 Å². The number of carbonyl (C=O) groups excluding carboxylic acids is 2. The highest BCUT2D eigenvalue weighted by Crippen LogP contribution is 2.36. The second-order valence-electron chi connectivity index (χ2n) is 5.66. The van der Waals surface area contributed by atoms with E-state index in [9.17, 15) is 18.0 Å². The molecule has 0 fully saturated rings. The number of hydrogen-bond acceptors (Lipinski definition) is 4. The lowest BCUT2D eigenvalue weighted by Crippen LogP contribution is -2.53. The van der Waals surface area contributed by atoms with Gasteiger partial charge in [0.2, 0.25) is 11.8 Å². The van der Waals surface area contributed by atoms with E-state index in [1.165, 1.54) is 24.0 Å². The summed E-state index contributed by atoms with van der Waals surface area (Å²) in [6.45, 7) is 5.27. The van der Waals surface area contributed by atoms with E-state index in [0.717, 1.165) is 12.7 Å². The Labute approximate surface area is 130 Å². The van der Waals surface area contributed by atoms with Gasteiger partial charge in [-0.25, -0.2) is 8.42 Å². The first-order valence-corrected chi connectivity index (χ1v) is 9.00. The topological polar surface area (TPSA) is 83.6 Å². The van der Waals surface area contributed by atoms with Crippen molar-refractivity contribution in [3.8, 4) is 0 Å². The molecule has 1 aromatic carbocycles. The second kappa shape index (κ2) is 5.72. The molecule has 1 heterocycles. The van der Waals surface area contributed by atoms with Crippen molar-refractivity contribution in [3.05, 3.63) is 18.2 Å². The zero-order valence-corrected chi connectivity index (χ0v) is 13.9. The number of nitrogens with one attached hydrogen (secondary N) is 1. The molecule has 1 aliphatic heterocycles. The molecule has 1 aromatic rings. The van der Waals surface area contributed by atoms with Crippen molar-refractivity contribution in [2.24, 2.45) is 5.92 Å². The van der Waals surface area contributed by atoms with Crippen molar-refractivity contribution in [1.82, 2.24) is 0 Å². The summed E-state index contributed by atoms with van der Waals surface area (Å²) in [5, 5.41) is 2.73. The number of benzene rings is 1. The Morgan fingerprint density at radius 2 is 2.05 bits per heavy atom. The largest absolute Gasteiger partial charge is 0.322 e. The van der Waals surface area contributed by atoms with Crippen LogP contribution in [0.3, 0.4) is 0 Å². The molecular formula is C15H20N2O4S. The van der Waals surface area contributed by atoms with Gasteiger partial charge in [0.05, 0.1) is 16.3 Å². The summed E-state index contributed by atoms with van der Waals surface area (Å²) in [6, 6.07) is 3.83. The number of hydrogen-bond donors (Lipinski definition) is 1. The summed E-state index contributed by atoms with van der Waals surface area (Å²) >= 11 is 0. The fraction of sp³-hybridized carbons (Fsp3) is 0.467. The van der Waals surface area contributed by atoms with Crippen LogP contribution in [0.25, 0.3) is 0 Å². The highest BCUT2D eigenvalue weighted by molar-refractivity contribution is 7.90.